The maximum atomic E-state index is 11.6. The molecule has 1 aliphatic rings. The first-order chi connectivity index (χ1) is 14.5. The number of nitrogens with two attached hydrogens (primary N) is 1. The second-order valence-electron chi connectivity index (χ2n) is 6.51. The lowest BCUT2D eigenvalue weighted by atomic mass is 10.1. The van der Waals surface area contributed by atoms with Gasteiger partial charge in [-0.25, -0.2) is 4.98 Å². The van der Waals surface area contributed by atoms with Gasteiger partial charge in [-0.3, -0.25) is 14.7 Å². The molecule has 0 aliphatic carbocycles. The van der Waals surface area contributed by atoms with Crippen molar-refractivity contribution in [2.24, 2.45) is 5.73 Å². The van der Waals surface area contributed by atoms with Crippen molar-refractivity contribution in [1.29, 1.82) is 0 Å². The van der Waals surface area contributed by atoms with Crippen LogP contribution in [0.2, 0.25) is 0 Å². The lowest BCUT2D eigenvalue weighted by Gasteiger charge is -2.16. The summed E-state index contributed by atoms with van der Waals surface area (Å²) in [4.78, 5) is 27.9. The number of fused-ring (bicyclic) bond motifs is 1. The van der Waals surface area contributed by atoms with Crippen molar-refractivity contribution < 1.29 is 14.3 Å². The zero-order valence-corrected chi connectivity index (χ0v) is 16.5. The van der Waals surface area contributed by atoms with Gasteiger partial charge in [-0.15, -0.1) is 11.5 Å². The fraction of sp³-hybridized carbons (Fsp3) is 0.182. The molecule has 3 N–H and O–H groups in total. The van der Waals surface area contributed by atoms with Crippen LogP contribution in [-0.4, -0.2) is 40.7 Å². The number of H-pyrrole nitrogens is 1. The third kappa shape index (κ3) is 5.02. The molecule has 1 aliphatic heterocycles. The number of aromatic nitrogens is 3. The number of benzene rings is 2. The van der Waals surface area contributed by atoms with Gasteiger partial charge in [0.25, 0.3) is 5.91 Å². The molecule has 4 rings (SSSR count). The predicted molar refractivity (Wildman–Crippen MR) is 112 cm³/mol. The molecule has 0 radical (unpaired) electrons. The molecule has 2 heterocycles. The van der Waals surface area contributed by atoms with E-state index in [0.29, 0.717) is 31.0 Å². The molecule has 8 heteroatoms. The lowest BCUT2D eigenvalue weighted by molar-refractivity contribution is -0.118. The number of amides is 2. The number of primary amides is 1. The molecule has 0 fully saturated rings. The number of rotatable bonds is 3. The molecule has 0 unspecified atom stereocenters. The number of terminal acetylenes is 1. The Morgan fingerprint density at radius 1 is 1.30 bits per heavy atom. The molecule has 3 aromatic rings. The first kappa shape index (κ1) is 20.6. The van der Waals surface area contributed by atoms with Gasteiger partial charge in [0.1, 0.15) is 11.6 Å². The second-order valence-corrected chi connectivity index (χ2v) is 6.51. The minimum atomic E-state index is -0.620. The van der Waals surface area contributed by atoms with Crippen molar-refractivity contribution in [2.45, 2.75) is 12.8 Å². The van der Waals surface area contributed by atoms with Crippen LogP contribution in [0.4, 0.5) is 5.69 Å². The van der Waals surface area contributed by atoms with Gasteiger partial charge in [-0.1, -0.05) is 36.3 Å². The number of nitrogens with zero attached hydrogens (tertiary/aromatic N) is 3. The van der Waals surface area contributed by atoms with Crippen LogP contribution in [0.5, 0.6) is 5.75 Å². The van der Waals surface area contributed by atoms with Crippen molar-refractivity contribution in [3.8, 4) is 18.1 Å². The largest absolute Gasteiger partial charge is 0.491 e. The molecule has 0 saturated heterocycles. The van der Waals surface area contributed by atoms with Crippen molar-refractivity contribution in [2.75, 3.05) is 18.6 Å². The predicted octanol–water partition coefficient (Wildman–Crippen LogP) is 1.91. The molecule has 0 atom stereocenters. The highest BCUT2D eigenvalue weighted by atomic mass is 16.5. The average Bonchev–Trinajstić information content (AvgIpc) is 3.18. The molecule has 8 nitrogen and oxygen atoms in total. The minimum absolute atomic E-state index is 0.0286. The van der Waals surface area contributed by atoms with E-state index < -0.39 is 5.91 Å². The SMILES string of the molecule is C#Cc1ccc2c(c1)N(C)C(=O)CCO2.NC(=O)c1n[nH]c(Cc2ccccc2)n1. The highest BCUT2D eigenvalue weighted by molar-refractivity contribution is 5.95. The van der Waals surface area contributed by atoms with Crippen LogP contribution in [0.15, 0.2) is 48.5 Å². The zero-order chi connectivity index (χ0) is 21.5. The summed E-state index contributed by atoms with van der Waals surface area (Å²) < 4.78 is 5.46. The number of aromatic amines is 1. The number of anilines is 1. The van der Waals surface area contributed by atoms with Crippen molar-refractivity contribution in [3.05, 3.63) is 71.3 Å². The maximum absolute atomic E-state index is 11.6. The number of carbonyl (C=O) groups excluding carboxylic acids is 2. The molecule has 1 aromatic heterocycles. The summed E-state index contributed by atoms with van der Waals surface area (Å²) in [5.41, 5.74) is 7.63. The van der Waals surface area contributed by atoms with Crippen molar-refractivity contribution in [3.63, 3.8) is 0 Å². The Morgan fingerprint density at radius 3 is 2.73 bits per heavy atom. The van der Waals surface area contributed by atoms with Gasteiger partial charge in [-0.05, 0) is 23.8 Å². The summed E-state index contributed by atoms with van der Waals surface area (Å²) in [6.45, 7) is 0.422. The summed E-state index contributed by atoms with van der Waals surface area (Å²) >= 11 is 0. The Bertz CT molecular complexity index is 1090. The van der Waals surface area contributed by atoms with Gasteiger partial charge < -0.3 is 15.4 Å². The number of carbonyl (C=O) groups is 2. The van der Waals surface area contributed by atoms with Crippen LogP contribution in [0.25, 0.3) is 0 Å². The van der Waals surface area contributed by atoms with E-state index in [4.69, 9.17) is 16.9 Å². The number of hydrogen-bond donors (Lipinski definition) is 2. The van der Waals surface area contributed by atoms with Crippen LogP contribution < -0.4 is 15.4 Å². The summed E-state index contributed by atoms with van der Waals surface area (Å²) in [7, 11) is 1.73. The van der Waals surface area contributed by atoms with E-state index in [1.807, 2.05) is 36.4 Å². The molecule has 30 heavy (non-hydrogen) atoms. The third-order valence-electron chi connectivity index (χ3n) is 4.40. The average molecular weight is 403 g/mol. The van der Waals surface area contributed by atoms with Crippen molar-refractivity contribution >= 4 is 17.5 Å². The minimum Gasteiger partial charge on any atom is -0.491 e. The normalized spacial score (nSPS) is 12.5. The molecular formula is C22H21N5O3. The van der Waals surface area contributed by atoms with Crippen LogP contribution in [0.1, 0.15) is 34.0 Å². The van der Waals surface area contributed by atoms with Crippen LogP contribution >= 0.6 is 0 Å². The molecule has 0 bridgehead atoms. The Labute approximate surface area is 174 Å². The first-order valence-electron chi connectivity index (χ1n) is 9.23. The van der Waals surface area contributed by atoms with E-state index in [9.17, 15) is 9.59 Å². The zero-order valence-electron chi connectivity index (χ0n) is 16.5. The summed E-state index contributed by atoms with van der Waals surface area (Å²) in [6.07, 6.45) is 6.32. The highest BCUT2D eigenvalue weighted by Crippen LogP contribution is 2.31. The van der Waals surface area contributed by atoms with E-state index in [1.165, 1.54) is 0 Å². The standard InChI is InChI=1S/C12H11NO2.C10H10N4O/c1-3-9-4-5-11-10(8-9)13(2)12(14)6-7-15-11;11-9(15)10-12-8(13-14-10)6-7-4-2-1-3-5-7/h1,4-5,8H,6-7H2,2H3;1-5H,6H2,(H2,11,15)(H,12,13,14). The van der Waals surface area contributed by atoms with E-state index in [0.717, 1.165) is 16.8 Å². The fourth-order valence-corrected chi connectivity index (χ4v) is 2.82. The Hall–Kier alpha value is -4.12. The Balaban J connectivity index is 0.000000171. The van der Waals surface area contributed by atoms with Gasteiger partial charge in [0.15, 0.2) is 0 Å². The molecule has 0 spiro atoms. The molecule has 2 amide bonds. The summed E-state index contributed by atoms with van der Waals surface area (Å²) in [5.74, 6) is 3.34. The highest BCUT2D eigenvalue weighted by Gasteiger charge is 2.19. The first-order valence-corrected chi connectivity index (χ1v) is 9.23. The Morgan fingerprint density at radius 2 is 2.07 bits per heavy atom. The summed E-state index contributed by atoms with van der Waals surface area (Å²) in [5, 5.41) is 6.37. The van der Waals surface area contributed by atoms with Gasteiger partial charge in [0, 0.05) is 19.0 Å². The smallest absolute Gasteiger partial charge is 0.288 e. The Kier molecular flexibility index (Phi) is 6.45. The molecular weight excluding hydrogens is 382 g/mol. The summed E-state index contributed by atoms with van der Waals surface area (Å²) in [6, 6.07) is 15.2. The monoisotopic (exact) mass is 403 g/mol. The van der Waals surface area contributed by atoms with Gasteiger partial charge >= 0.3 is 0 Å². The third-order valence-corrected chi connectivity index (χ3v) is 4.40. The topological polar surface area (TPSA) is 114 Å². The maximum Gasteiger partial charge on any atom is 0.288 e. The number of nitrogens with one attached hydrogen (secondary N) is 1. The fourth-order valence-electron chi connectivity index (χ4n) is 2.82. The van der Waals surface area contributed by atoms with Crippen molar-refractivity contribution in [1.82, 2.24) is 15.2 Å². The van der Waals surface area contributed by atoms with E-state index in [-0.39, 0.29) is 11.7 Å². The van der Waals surface area contributed by atoms with Gasteiger partial charge in [-0.2, -0.15) is 0 Å². The van der Waals surface area contributed by atoms with E-state index in [1.54, 1.807) is 24.1 Å². The van der Waals surface area contributed by atoms with Crippen LogP contribution in [0.3, 0.4) is 0 Å². The number of ether oxygens (including phenoxy) is 1. The molecule has 2 aromatic carbocycles. The van der Waals surface area contributed by atoms with Crippen LogP contribution in [-0.2, 0) is 11.2 Å². The number of hydrogen-bond acceptors (Lipinski definition) is 5. The quantitative estimate of drug-likeness (QED) is 0.649. The van der Waals surface area contributed by atoms with E-state index >= 15 is 0 Å². The van der Waals surface area contributed by atoms with Crippen LogP contribution in [0, 0.1) is 12.3 Å². The molecule has 0 saturated carbocycles. The van der Waals surface area contributed by atoms with Gasteiger partial charge in [0.05, 0.1) is 18.7 Å². The lowest BCUT2D eigenvalue weighted by Crippen LogP contribution is -2.25. The van der Waals surface area contributed by atoms with Gasteiger partial charge in [0.2, 0.25) is 11.7 Å². The second kappa shape index (κ2) is 9.39. The van der Waals surface area contributed by atoms with E-state index in [2.05, 4.69) is 21.1 Å². The molecule has 152 valence electrons.